The van der Waals surface area contributed by atoms with Crippen LogP contribution in [0.5, 0.6) is 5.75 Å². The van der Waals surface area contributed by atoms with Gasteiger partial charge in [-0.1, -0.05) is 25.2 Å². The third-order valence-electron chi connectivity index (χ3n) is 5.70. The number of rotatable bonds is 13. The Labute approximate surface area is 210 Å². The van der Waals surface area contributed by atoms with E-state index in [0.29, 0.717) is 24.8 Å². The van der Waals surface area contributed by atoms with Crippen LogP contribution in [0.25, 0.3) is 10.2 Å². The van der Waals surface area contributed by atoms with Crippen molar-refractivity contribution in [1.82, 2.24) is 9.88 Å². The highest BCUT2D eigenvalue weighted by molar-refractivity contribution is 7.91. The summed E-state index contributed by atoms with van der Waals surface area (Å²) in [5.74, 6) is -0.101. The van der Waals surface area contributed by atoms with Crippen molar-refractivity contribution in [3.63, 3.8) is 0 Å². The lowest BCUT2D eigenvalue weighted by Crippen LogP contribution is -2.38. The maximum Gasteiger partial charge on any atom is 0.228 e. The van der Waals surface area contributed by atoms with Crippen LogP contribution in [-0.4, -0.2) is 62.7 Å². The third-order valence-corrected chi connectivity index (χ3v) is 8.56. The summed E-state index contributed by atoms with van der Waals surface area (Å²) >= 11 is 1.42. The van der Waals surface area contributed by atoms with Gasteiger partial charge in [0.2, 0.25) is 5.91 Å². The van der Waals surface area contributed by atoms with Crippen molar-refractivity contribution in [2.45, 2.75) is 38.5 Å². The van der Waals surface area contributed by atoms with E-state index >= 15 is 0 Å². The molecule has 1 heterocycles. The van der Waals surface area contributed by atoms with E-state index in [1.54, 1.807) is 4.90 Å². The summed E-state index contributed by atoms with van der Waals surface area (Å²) in [7, 11) is -3.60. The lowest BCUT2D eigenvalue weighted by atomic mass is 10.3. The fourth-order valence-electron chi connectivity index (χ4n) is 3.68. The summed E-state index contributed by atoms with van der Waals surface area (Å²) in [6.45, 7) is 9.51. The fourth-order valence-corrected chi connectivity index (χ4v) is 6.03. The number of hydrogen-bond donors (Lipinski definition) is 0. The minimum absolute atomic E-state index is 0.0565. The quantitative estimate of drug-likeness (QED) is 0.302. The van der Waals surface area contributed by atoms with Crippen molar-refractivity contribution in [3.05, 3.63) is 48.3 Å². The van der Waals surface area contributed by atoms with Crippen LogP contribution in [0.3, 0.4) is 0 Å². The Morgan fingerprint density at radius 3 is 2.43 bits per heavy atom. The molecule has 35 heavy (non-hydrogen) atoms. The van der Waals surface area contributed by atoms with E-state index in [9.17, 15) is 17.6 Å². The van der Waals surface area contributed by atoms with Crippen LogP contribution in [0.2, 0.25) is 0 Å². The SMILES string of the molecule is CCOc1ccc2nc(N(CCN(CC)CC)C(=O)CCCS(=O)(=O)c3ccc(F)cc3)sc2c1. The Balaban J connectivity index is 1.75. The summed E-state index contributed by atoms with van der Waals surface area (Å²) in [6, 6.07) is 10.4. The lowest BCUT2D eigenvalue weighted by Gasteiger charge is -2.24. The molecule has 10 heteroatoms. The number of sulfone groups is 1. The molecule has 0 N–H and O–H groups in total. The zero-order valence-corrected chi connectivity index (χ0v) is 22.0. The molecule has 0 saturated heterocycles. The molecule has 1 aromatic heterocycles. The van der Waals surface area contributed by atoms with Gasteiger partial charge in [-0.25, -0.2) is 17.8 Å². The highest BCUT2D eigenvalue weighted by Crippen LogP contribution is 2.32. The molecule has 7 nitrogen and oxygen atoms in total. The first kappa shape index (κ1) is 27.0. The number of likely N-dealkylation sites (N-methyl/N-ethyl adjacent to an activating group) is 1. The van der Waals surface area contributed by atoms with Gasteiger partial charge in [-0.05, 0) is 68.9 Å². The highest BCUT2D eigenvalue weighted by Gasteiger charge is 2.22. The van der Waals surface area contributed by atoms with Gasteiger partial charge >= 0.3 is 0 Å². The van der Waals surface area contributed by atoms with Crippen LogP contribution in [0.4, 0.5) is 9.52 Å². The van der Waals surface area contributed by atoms with E-state index in [0.717, 1.165) is 41.2 Å². The molecule has 3 aromatic rings. The smallest absolute Gasteiger partial charge is 0.228 e. The lowest BCUT2D eigenvalue weighted by molar-refractivity contribution is -0.118. The van der Waals surface area contributed by atoms with Crippen LogP contribution in [0, 0.1) is 5.82 Å². The molecule has 0 aliphatic heterocycles. The van der Waals surface area contributed by atoms with Crippen LogP contribution in [0.1, 0.15) is 33.6 Å². The standard InChI is InChI=1S/C25H32FN3O4S2/c1-4-28(5-2)15-16-29(25-27-22-14-11-20(33-6-3)18-23(22)34-25)24(30)8-7-17-35(31,32)21-12-9-19(26)10-13-21/h9-14,18H,4-8,15-17H2,1-3H3. The van der Waals surface area contributed by atoms with Crippen molar-refractivity contribution in [1.29, 1.82) is 0 Å². The number of ether oxygens (including phenoxy) is 1. The number of hydrogen-bond acceptors (Lipinski definition) is 7. The second-order valence-corrected chi connectivity index (χ2v) is 11.1. The summed E-state index contributed by atoms with van der Waals surface area (Å²) in [6.07, 6.45) is 0.235. The molecule has 0 aliphatic rings. The van der Waals surface area contributed by atoms with Gasteiger partial charge in [-0.2, -0.15) is 0 Å². The second kappa shape index (κ2) is 12.4. The minimum atomic E-state index is -3.60. The minimum Gasteiger partial charge on any atom is -0.494 e. The first-order valence-electron chi connectivity index (χ1n) is 11.8. The Morgan fingerprint density at radius 2 is 1.77 bits per heavy atom. The average molecular weight is 522 g/mol. The van der Waals surface area contributed by atoms with Gasteiger partial charge in [0, 0.05) is 19.5 Å². The van der Waals surface area contributed by atoms with Gasteiger partial charge in [-0.3, -0.25) is 9.69 Å². The van der Waals surface area contributed by atoms with Gasteiger partial charge in [0.25, 0.3) is 0 Å². The molecule has 0 fully saturated rings. The molecule has 0 saturated carbocycles. The molecule has 2 aromatic carbocycles. The monoisotopic (exact) mass is 521 g/mol. The Bertz CT molecular complexity index is 1230. The van der Waals surface area contributed by atoms with E-state index in [-0.39, 0.29) is 29.4 Å². The van der Waals surface area contributed by atoms with Gasteiger partial charge in [0.1, 0.15) is 11.6 Å². The predicted molar refractivity (Wildman–Crippen MR) is 139 cm³/mol. The number of benzene rings is 2. The van der Waals surface area contributed by atoms with Crippen molar-refractivity contribution >= 4 is 42.4 Å². The van der Waals surface area contributed by atoms with Crippen LogP contribution in [-0.2, 0) is 14.6 Å². The zero-order valence-electron chi connectivity index (χ0n) is 20.4. The summed E-state index contributed by atoms with van der Waals surface area (Å²) in [5, 5.41) is 0.590. The molecule has 0 bridgehead atoms. The third kappa shape index (κ3) is 7.22. The largest absolute Gasteiger partial charge is 0.494 e. The molecular weight excluding hydrogens is 489 g/mol. The van der Waals surface area contributed by atoms with Crippen molar-refractivity contribution in [3.8, 4) is 5.75 Å². The first-order valence-corrected chi connectivity index (χ1v) is 14.3. The number of fused-ring (bicyclic) bond motifs is 1. The molecule has 0 unspecified atom stereocenters. The predicted octanol–water partition coefficient (Wildman–Crippen LogP) is 4.76. The van der Waals surface area contributed by atoms with Crippen molar-refractivity contribution < 1.29 is 22.3 Å². The van der Waals surface area contributed by atoms with E-state index in [4.69, 9.17) is 4.74 Å². The number of anilines is 1. The summed E-state index contributed by atoms with van der Waals surface area (Å²) in [4.78, 5) is 21.9. The van der Waals surface area contributed by atoms with Crippen LogP contribution >= 0.6 is 11.3 Å². The number of aromatic nitrogens is 1. The summed E-state index contributed by atoms with van der Waals surface area (Å²) in [5.41, 5.74) is 0.785. The Hall–Kier alpha value is -2.56. The topological polar surface area (TPSA) is 79.8 Å². The molecule has 1 amide bonds. The molecule has 190 valence electrons. The van der Waals surface area contributed by atoms with Crippen molar-refractivity contribution in [2.24, 2.45) is 0 Å². The van der Waals surface area contributed by atoms with E-state index in [2.05, 4.69) is 23.7 Å². The van der Waals surface area contributed by atoms with Crippen LogP contribution in [0.15, 0.2) is 47.4 Å². The average Bonchev–Trinajstić information content (AvgIpc) is 3.25. The number of amides is 1. The van der Waals surface area contributed by atoms with Gasteiger partial charge in [0.15, 0.2) is 15.0 Å². The Morgan fingerprint density at radius 1 is 1.06 bits per heavy atom. The van der Waals surface area contributed by atoms with Gasteiger partial charge < -0.3 is 9.64 Å². The number of halogens is 1. The van der Waals surface area contributed by atoms with E-state index in [1.165, 1.54) is 23.5 Å². The highest BCUT2D eigenvalue weighted by atomic mass is 32.2. The maximum absolute atomic E-state index is 13.3. The normalized spacial score (nSPS) is 11.8. The number of nitrogens with zero attached hydrogens (tertiary/aromatic N) is 3. The summed E-state index contributed by atoms with van der Waals surface area (Å²) < 4.78 is 44.8. The molecule has 0 atom stereocenters. The second-order valence-electron chi connectivity index (χ2n) is 8.01. The van der Waals surface area contributed by atoms with Crippen LogP contribution < -0.4 is 9.64 Å². The molecule has 0 radical (unpaired) electrons. The maximum atomic E-state index is 13.3. The molecular formula is C25H32FN3O4S2. The number of carbonyl (C=O) groups excluding carboxylic acids is 1. The number of thiazole rings is 1. The first-order chi connectivity index (χ1) is 16.8. The van der Waals surface area contributed by atoms with Gasteiger partial charge in [0.05, 0.1) is 27.5 Å². The van der Waals surface area contributed by atoms with E-state index in [1.807, 2.05) is 25.1 Å². The molecule has 0 spiro atoms. The van der Waals surface area contributed by atoms with Gasteiger partial charge in [-0.15, -0.1) is 0 Å². The van der Waals surface area contributed by atoms with E-state index < -0.39 is 15.7 Å². The van der Waals surface area contributed by atoms with Crippen molar-refractivity contribution in [2.75, 3.05) is 43.4 Å². The fraction of sp³-hybridized carbons (Fsp3) is 0.440. The Kier molecular flexibility index (Phi) is 9.59. The molecule has 0 aliphatic carbocycles. The zero-order chi connectivity index (χ0) is 25.4. The number of carbonyl (C=O) groups is 1. The molecule has 3 rings (SSSR count).